The predicted octanol–water partition coefficient (Wildman–Crippen LogP) is 2.57. The van der Waals surface area contributed by atoms with Crippen LogP contribution in [0.15, 0.2) is 42.5 Å². The molecule has 90 valence electrons. The Balaban J connectivity index is 2.02. The molecule has 0 aromatic heterocycles. The maximum atomic E-state index is 12.9. The van der Waals surface area contributed by atoms with Gasteiger partial charge in [0.15, 0.2) is 0 Å². The zero-order chi connectivity index (χ0) is 12.7. The van der Waals surface area contributed by atoms with Crippen LogP contribution < -0.4 is 10.6 Å². The van der Waals surface area contributed by atoms with Crippen LogP contribution in [0.3, 0.4) is 0 Å². The largest absolute Gasteiger partial charge is 0.398 e. The van der Waals surface area contributed by atoms with E-state index in [2.05, 4.69) is 0 Å². The molecule has 0 unspecified atom stereocenters. The maximum Gasteiger partial charge on any atom is 0.261 e. The number of benzene rings is 2. The molecule has 1 aliphatic rings. The molecule has 2 aromatic rings. The smallest absolute Gasteiger partial charge is 0.261 e. The molecular weight excluding hydrogens is 231 g/mol. The van der Waals surface area contributed by atoms with E-state index in [0.29, 0.717) is 23.5 Å². The number of nitrogen functional groups attached to an aromatic ring is 1. The second kappa shape index (κ2) is 3.84. The Labute approximate surface area is 104 Å². The van der Waals surface area contributed by atoms with Crippen molar-refractivity contribution in [2.75, 3.05) is 10.6 Å². The first-order valence-electron chi connectivity index (χ1n) is 5.61. The Morgan fingerprint density at radius 3 is 2.50 bits per heavy atom. The van der Waals surface area contributed by atoms with Gasteiger partial charge in [0.1, 0.15) is 5.82 Å². The lowest BCUT2D eigenvalue weighted by atomic mass is 10.1. The average molecular weight is 242 g/mol. The Hall–Kier alpha value is -2.36. The summed E-state index contributed by atoms with van der Waals surface area (Å²) >= 11 is 0. The summed E-state index contributed by atoms with van der Waals surface area (Å²) in [7, 11) is 0. The molecule has 3 nitrogen and oxygen atoms in total. The molecule has 1 heterocycles. The third kappa shape index (κ3) is 1.54. The highest BCUT2D eigenvalue weighted by Gasteiger charge is 2.30. The van der Waals surface area contributed by atoms with Crippen molar-refractivity contribution in [2.45, 2.75) is 6.54 Å². The summed E-state index contributed by atoms with van der Waals surface area (Å²) in [6.45, 7) is 0.477. The van der Waals surface area contributed by atoms with Crippen LogP contribution in [-0.2, 0) is 6.54 Å². The molecule has 0 bridgehead atoms. The number of nitrogens with two attached hydrogens (primary N) is 1. The van der Waals surface area contributed by atoms with Crippen LogP contribution in [0, 0.1) is 5.82 Å². The fourth-order valence-corrected chi connectivity index (χ4v) is 2.22. The SMILES string of the molecule is Nc1cccc2c1C(=O)N(c1ccc(F)cc1)C2. The number of hydrogen-bond donors (Lipinski definition) is 1. The first kappa shape index (κ1) is 10.8. The summed E-state index contributed by atoms with van der Waals surface area (Å²) in [6, 6.07) is 11.3. The van der Waals surface area contributed by atoms with Crippen LogP contribution in [0.1, 0.15) is 15.9 Å². The Kier molecular flexibility index (Phi) is 2.30. The van der Waals surface area contributed by atoms with E-state index in [-0.39, 0.29) is 11.7 Å². The van der Waals surface area contributed by atoms with Gasteiger partial charge >= 0.3 is 0 Å². The highest BCUT2D eigenvalue weighted by Crippen LogP contribution is 2.31. The van der Waals surface area contributed by atoms with Gasteiger partial charge in [-0.2, -0.15) is 0 Å². The number of nitrogens with zero attached hydrogens (tertiary/aromatic N) is 1. The molecule has 2 aromatic carbocycles. The fourth-order valence-electron chi connectivity index (χ4n) is 2.22. The van der Waals surface area contributed by atoms with Crippen molar-refractivity contribution in [1.29, 1.82) is 0 Å². The van der Waals surface area contributed by atoms with Gasteiger partial charge in [0, 0.05) is 11.4 Å². The van der Waals surface area contributed by atoms with E-state index < -0.39 is 0 Å². The van der Waals surface area contributed by atoms with E-state index in [1.54, 1.807) is 23.1 Å². The molecule has 18 heavy (non-hydrogen) atoms. The maximum absolute atomic E-state index is 12.9. The van der Waals surface area contributed by atoms with E-state index in [9.17, 15) is 9.18 Å². The van der Waals surface area contributed by atoms with E-state index in [1.807, 2.05) is 12.1 Å². The summed E-state index contributed by atoms with van der Waals surface area (Å²) in [5, 5.41) is 0. The van der Waals surface area contributed by atoms with Crippen LogP contribution >= 0.6 is 0 Å². The predicted molar refractivity (Wildman–Crippen MR) is 67.8 cm³/mol. The lowest BCUT2D eigenvalue weighted by molar-refractivity contribution is 0.0997. The van der Waals surface area contributed by atoms with Crippen molar-refractivity contribution in [3.05, 3.63) is 59.4 Å². The second-order valence-corrected chi connectivity index (χ2v) is 4.25. The van der Waals surface area contributed by atoms with Crippen LogP contribution in [0.2, 0.25) is 0 Å². The number of carbonyl (C=O) groups excluding carboxylic acids is 1. The Morgan fingerprint density at radius 1 is 1.11 bits per heavy atom. The van der Waals surface area contributed by atoms with Gasteiger partial charge in [0.25, 0.3) is 5.91 Å². The van der Waals surface area contributed by atoms with E-state index in [0.717, 1.165) is 5.56 Å². The molecule has 0 radical (unpaired) electrons. The molecule has 2 N–H and O–H groups in total. The zero-order valence-electron chi connectivity index (χ0n) is 9.56. The molecular formula is C14H11FN2O. The number of anilines is 2. The molecule has 0 fully saturated rings. The van der Waals surface area contributed by atoms with Crippen molar-refractivity contribution < 1.29 is 9.18 Å². The molecule has 0 aliphatic carbocycles. The third-order valence-electron chi connectivity index (χ3n) is 3.11. The second-order valence-electron chi connectivity index (χ2n) is 4.25. The number of carbonyl (C=O) groups is 1. The number of amides is 1. The zero-order valence-corrected chi connectivity index (χ0v) is 9.56. The molecule has 3 rings (SSSR count). The minimum atomic E-state index is -0.317. The molecule has 4 heteroatoms. The first-order chi connectivity index (χ1) is 8.66. The van der Waals surface area contributed by atoms with Crippen molar-refractivity contribution in [1.82, 2.24) is 0 Å². The minimum Gasteiger partial charge on any atom is -0.398 e. The van der Waals surface area contributed by atoms with Gasteiger partial charge in [-0.3, -0.25) is 4.79 Å². The van der Waals surface area contributed by atoms with Gasteiger partial charge in [-0.15, -0.1) is 0 Å². The summed E-state index contributed by atoms with van der Waals surface area (Å²) in [5.74, 6) is -0.447. The third-order valence-corrected chi connectivity index (χ3v) is 3.11. The lowest BCUT2D eigenvalue weighted by Crippen LogP contribution is -2.23. The quantitative estimate of drug-likeness (QED) is 0.781. The van der Waals surface area contributed by atoms with Crippen molar-refractivity contribution in [3.63, 3.8) is 0 Å². The monoisotopic (exact) mass is 242 g/mol. The fraction of sp³-hybridized carbons (Fsp3) is 0.0714. The van der Waals surface area contributed by atoms with Crippen LogP contribution in [-0.4, -0.2) is 5.91 Å². The topological polar surface area (TPSA) is 46.3 Å². The van der Waals surface area contributed by atoms with E-state index >= 15 is 0 Å². The molecule has 0 saturated heterocycles. The molecule has 1 amide bonds. The molecule has 1 aliphatic heterocycles. The van der Waals surface area contributed by atoms with Gasteiger partial charge in [-0.05, 0) is 35.9 Å². The minimum absolute atomic E-state index is 0.130. The van der Waals surface area contributed by atoms with E-state index in [4.69, 9.17) is 5.73 Å². The van der Waals surface area contributed by atoms with E-state index in [1.165, 1.54) is 12.1 Å². The highest BCUT2D eigenvalue weighted by atomic mass is 19.1. The highest BCUT2D eigenvalue weighted by molar-refractivity contribution is 6.13. The van der Waals surface area contributed by atoms with Gasteiger partial charge in [0.2, 0.25) is 0 Å². The standard InChI is InChI=1S/C14H11FN2O/c15-10-4-6-11(7-5-10)17-8-9-2-1-3-12(16)13(9)14(17)18/h1-7H,8,16H2. The van der Waals surface area contributed by atoms with Crippen molar-refractivity contribution in [2.24, 2.45) is 0 Å². The van der Waals surface area contributed by atoms with Crippen molar-refractivity contribution >= 4 is 17.3 Å². The summed E-state index contributed by atoms with van der Waals surface area (Å²) < 4.78 is 12.9. The van der Waals surface area contributed by atoms with Crippen LogP contribution in [0.4, 0.5) is 15.8 Å². The summed E-state index contributed by atoms with van der Waals surface area (Å²) in [5.41, 5.74) is 8.45. The molecule has 0 atom stereocenters. The van der Waals surface area contributed by atoms with Gasteiger partial charge < -0.3 is 10.6 Å². The summed E-state index contributed by atoms with van der Waals surface area (Å²) in [6.07, 6.45) is 0. The van der Waals surface area contributed by atoms with Gasteiger partial charge in [0.05, 0.1) is 12.1 Å². The lowest BCUT2D eigenvalue weighted by Gasteiger charge is -2.15. The van der Waals surface area contributed by atoms with Crippen LogP contribution in [0.25, 0.3) is 0 Å². The van der Waals surface area contributed by atoms with Crippen molar-refractivity contribution in [3.8, 4) is 0 Å². The Morgan fingerprint density at radius 2 is 1.83 bits per heavy atom. The number of fused-ring (bicyclic) bond motifs is 1. The molecule has 0 saturated carbocycles. The Bertz CT molecular complexity index is 622. The van der Waals surface area contributed by atoms with Crippen LogP contribution in [0.5, 0.6) is 0 Å². The number of hydrogen-bond acceptors (Lipinski definition) is 2. The van der Waals surface area contributed by atoms with Gasteiger partial charge in [-0.25, -0.2) is 4.39 Å². The first-order valence-corrected chi connectivity index (χ1v) is 5.61. The molecule has 0 spiro atoms. The number of halogens is 1. The average Bonchev–Trinajstić information content (AvgIpc) is 2.69. The normalized spacial score (nSPS) is 13.8. The van der Waals surface area contributed by atoms with Gasteiger partial charge in [-0.1, -0.05) is 12.1 Å². The number of rotatable bonds is 1. The summed E-state index contributed by atoms with van der Waals surface area (Å²) in [4.78, 5) is 13.9.